The largest absolute Gasteiger partial charge is 0.437 e. The van der Waals surface area contributed by atoms with Crippen molar-refractivity contribution in [3.63, 3.8) is 0 Å². The minimum atomic E-state index is -0.453. The lowest BCUT2D eigenvalue weighted by Gasteiger charge is -2.08. The lowest BCUT2D eigenvalue weighted by Crippen LogP contribution is -1.96. The molecule has 0 bridgehead atoms. The lowest BCUT2D eigenvalue weighted by atomic mass is 10.1. The summed E-state index contributed by atoms with van der Waals surface area (Å²) >= 11 is 5.70. The van der Waals surface area contributed by atoms with E-state index in [0.717, 1.165) is 5.56 Å². The molecule has 2 aromatic rings. The Bertz CT molecular complexity index is 646. The van der Waals surface area contributed by atoms with Gasteiger partial charge in [0.15, 0.2) is 5.15 Å². The first kappa shape index (κ1) is 13.2. The molecule has 0 unspecified atom stereocenters. The van der Waals surface area contributed by atoms with Crippen molar-refractivity contribution in [2.75, 3.05) is 0 Å². The van der Waals surface area contributed by atoms with Crippen molar-refractivity contribution in [2.24, 2.45) is 0 Å². The second kappa shape index (κ2) is 5.19. The zero-order valence-electron chi connectivity index (χ0n) is 10.3. The van der Waals surface area contributed by atoms with Crippen LogP contribution in [-0.4, -0.2) is 14.9 Å². The van der Waals surface area contributed by atoms with Gasteiger partial charge in [0.1, 0.15) is 5.75 Å². The van der Waals surface area contributed by atoms with Crippen molar-refractivity contribution in [3.05, 3.63) is 50.9 Å². The molecule has 98 valence electrons. The highest BCUT2D eigenvalue weighted by atomic mass is 35.5. The maximum absolute atomic E-state index is 10.9. The van der Waals surface area contributed by atoms with E-state index in [-0.39, 0.29) is 16.7 Å². The van der Waals surface area contributed by atoms with E-state index in [4.69, 9.17) is 16.3 Å². The fourth-order valence-corrected chi connectivity index (χ4v) is 1.76. The topological polar surface area (TPSA) is 78.2 Å². The minimum Gasteiger partial charge on any atom is -0.437 e. The number of aromatic nitrogens is 2. The summed E-state index contributed by atoms with van der Waals surface area (Å²) in [7, 11) is 0. The van der Waals surface area contributed by atoms with Gasteiger partial charge in [-0.25, -0.2) is 0 Å². The van der Waals surface area contributed by atoms with Crippen LogP contribution < -0.4 is 4.74 Å². The van der Waals surface area contributed by atoms with Crippen molar-refractivity contribution < 1.29 is 9.66 Å². The molecule has 19 heavy (non-hydrogen) atoms. The van der Waals surface area contributed by atoms with Crippen LogP contribution in [0.2, 0.25) is 5.15 Å². The van der Waals surface area contributed by atoms with Gasteiger partial charge in [-0.05, 0) is 25.5 Å². The predicted molar refractivity (Wildman–Crippen MR) is 69.7 cm³/mol. The van der Waals surface area contributed by atoms with Gasteiger partial charge in [-0.15, -0.1) is 0 Å². The summed E-state index contributed by atoms with van der Waals surface area (Å²) in [6.45, 7) is 3.47. The van der Waals surface area contributed by atoms with Gasteiger partial charge in [0, 0.05) is 5.56 Å². The first-order valence-electron chi connectivity index (χ1n) is 5.38. The summed E-state index contributed by atoms with van der Waals surface area (Å²) in [5.74, 6) is 0.544. The van der Waals surface area contributed by atoms with Crippen LogP contribution in [0.25, 0.3) is 0 Å². The molecular formula is C12H10ClN3O3. The Balaban J connectivity index is 2.40. The van der Waals surface area contributed by atoms with E-state index >= 15 is 0 Å². The molecule has 0 radical (unpaired) electrons. The number of nitro groups is 1. The summed E-state index contributed by atoms with van der Waals surface area (Å²) < 4.78 is 5.47. The van der Waals surface area contributed by atoms with Gasteiger partial charge in [-0.2, -0.15) is 4.98 Å². The standard InChI is InChI=1S/C12H10ClN3O3/c1-7-3-8(2)10(4-9(7)16(17)18)19-12-6-14-5-11(13)15-12/h3-6H,1-2H3. The van der Waals surface area contributed by atoms with Gasteiger partial charge in [0.2, 0.25) is 5.88 Å². The van der Waals surface area contributed by atoms with Crippen molar-refractivity contribution in [1.82, 2.24) is 9.97 Å². The van der Waals surface area contributed by atoms with Crippen LogP contribution in [0.15, 0.2) is 24.5 Å². The molecule has 0 atom stereocenters. The van der Waals surface area contributed by atoms with Gasteiger partial charge in [0.25, 0.3) is 5.69 Å². The highest BCUT2D eigenvalue weighted by molar-refractivity contribution is 6.29. The SMILES string of the molecule is Cc1cc(C)c([N+](=O)[O-])cc1Oc1cncc(Cl)n1. The zero-order valence-corrected chi connectivity index (χ0v) is 11.0. The van der Waals surface area contributed by atoms with E-state index in [1.165, 1.54) is 18.5 Å². The van der Waals surface area contributed by atoms with Gasteiger partial charge in [0.05, 0.1) is 23.4 Å². The van der Waals surface area contributed by atoms with Crippen LogP contribution in [0, 0.1) is 24.0 Å². The van der Waals surface area contributed by atoms with Crippen molar-refractivity contribution >= 4 is 17.3 Å². The summed E-state index contributed by atoms with van der Waals surface area (Å²) in [6, 6.07) is 3.05. The first-order chi connectivity index (χ1) is 8.97. The Morgan fingerprint density at radius 3 is 2.63 bits per heavy atom. The van der Waals surface area contributed by atoms with Crippen molar-refractivity contribution in [3.8, 4) is 11.6 Å². The summed E-state index contributed by atoms with van der Waals surface area (Å²) in [6.07, 6.45) is 2.76. The third kappa shape index (κ3) is 2.97. The lowest BCUT2D eigenvalue weighted by molar-refractivity contribution is -0.385. The molecular weight excluding hydrogens is 270 g/mol. The van der Waals surface area contributed by atoms with E-state index in [2.05, 4.69) is 9.97 Å². The van der Waals surface area contributed by atoms with E-state index in [1.54, 1.807) is 19.9 Å². The van der Waals surface area contributed by atoms with E-state index in [9.17, 15) is 10.1 Å². The van der Waals surface area contributed by atoms with Crippen molar-refractivity contribution in [2.45, 2.75) is 13.8 Å². The third-order valence-corrected chi connectivity index (χ3v) is 2.67. The normalized spacial score (nSPS) is 10.3. The smallest absolute Gasteiger partial charge is 0.276 e. The van der Waals surface area contributed by atoms with E-state index in [0.29, 0.717) is 11.3 Å². The predicted octanol–water partition coefficient (Wildman–Crippen LogP) is 3.45. The minimum absolute atomic E-state index is 0.00409. The second-order valence-electron chi connectivity index (χ2n) is 3.94. The number of ether oxygens (including phenoxy) is 1. The molecule has 0 spiro atoms. The van der Waals surface area contributed by atoms with Crippen LogP contribution >= 0.6 is 11.6 Å². The van der Waals surface area contributed by atoms with Crippen molar-refractivity contribution in [1.29, 1.82) is 0 Å². The molecule has 1 aromatic carbocycles. The Kier molecular flexibility index (Phi) is 3.62. The molecule has 0 saturated heterocycles. The van der Waals surface area contributed by atoms with E-state index < -0.39 is 4.92 Å². The van der Waals surface area contributed by atoms with Gasteiger partial charge < -0.3 is 4.74 Å². The van der Waals surface area contributed by atoms with E-state index in [1.807, 2.05) is 0 Å². The van der Waals surface area contributed by atoms with Crippen LogP contribution in [0.5, 0.6) is 11.6 Å². The van der Waals surface area contributed by atoms with Crippen LogP contribution in [0.3, 0.4) is 0 Å². The fraction of sp³-hybridized carbons (Fsp3) is 0.167. The Morgan fingerprint density at radius 1 is 1.26 bits per heavy atom. The number of benzene rings is 1. The van der Waals surface area contributed by atoms with Crippen LogP contribution in [0.4, 0.5) is 5.69 Å². The number of nitrogens with zero attached hydrogens (tertiary/aromatic N) is 3. The Morgan fingerprint density at radius 2 is 2.00 bits per heavy atom. The Hall–Kier alpha value is -2.21. The number of nitro benzene ring substituents is 1. The third-order valence-electron chi connectivity index (χ3n) is 2.49. The quantitative estimate of drug-likeness (QED) is 0.635. The Labute approximate surface area is 114 Å². The molecule has 0 aliphatic carbocycles. The molecule has 0 aliphatic heterocycles. The fourth-order valence-electron chi connectivity index (χ4n) is 1.62. The van der Waals surface area contributed by atoms with Crippen LogP contribution in [0.1, 0.15) is 11.1 Å². The number of rotatable bonds is 3. The molecule has 7 heteroatoms. The first-order valence-corrected chi connectivity index (χ1v) is 5.76. The summed E-state index contributed by atoms with van der Waals surface area (Å²) in [5, 5.41) is 11.1. The molecule has 0 saturated carbocycles. The highest BCUT2D eigenvalue weighted by Crippen LogP contribution is 2.30. The molecule has 0 N–H and O–H groups in total. The average molecular weight is 280 g/mol. The zero-order chi connectivity index (χ0) is 14.0. The molecule has 0 fully saturated rings. The number of hydrogen-bond donors (Lipinski definition) is 0. The molecule has 0 aliphatic rings. The molecule has 6 nitrogen and oxygen atoms in total. The molecule has 1 aromatic heterocycles. The number of hydrogen-bond acceptors (Lipinski definition) is 5. The monoisotopic (exact) mass is 279 g/mol. The summed E-state index contributed by atoms with van der Waals surface area (Å²) in [4.78, 5) is 18.2. The molecule has 0 amide bonds. The van der Waals surface area contributed by atoms with Crippen LogP contribution in [-0.2, 0) is 0 Å². The highest BCUT2D eigenvalue weighted by Gasteiger charge is 2.15. The average Bonchev–Trinajstić information content (AvgIpc) is 2.32. The molecule has 2 rings (SSSR count). The maximum atomic E-state index is 10.9. The second-order valence-corrected chi connectivity index (χ2v) is 4.33. The number of aryl methyl sites for hydroxylation is 2. The number of halogens is 1. The maximum Gasteiger partial charge on any atom is 0.276 e. The van der Waals surface area contributed by atoms with Gasteiger partial charge in [-0.3, -0.25) is 15.1 Å². The molecule has 1 heterocycles. The summed E-state index contributed by atoms with van der Waals surface area (Å²) in [5.41, 5.74) is 1.34. The van der Waals surface area contributed by atoms with Gasteiger partial charge in [-0.1, -0.05) is 11.6 Å². The van der Waals surface area contributed by atoms with Gasteiger partial charge >= 0.3 is 0 Å².